The zero-order valence-electron chi connectivity index (χ0n) is 30.1. The molecule has 2 atom stereocenters. The van der Waals surface area contributed by atoms with Crippen LogP contribution in [0.4, 0.5) is 0 Å². The number of hydrogen-bond donors (Lipinski definition) is 0. The summed E-state index contributed by atoms with van der Waals surface area (Å²) in [6.45, 7) is 1.78. The first-order chi connectivity index (χ1) is 25.4. The van der Waals surface area contributed by atoms with Crippen molar-refractivity contribution in [1.29, 1.82) is 10.5 Å². The fourth-order valence-corrected chi connectivity index (χ4v) is 6.24. The predicted molar refractivity (Wildman–Crippen MR) is 197 cm³/mol. The van der Waals surface area contributed by atoms with Crippen LogP contribution in [-0.4, -0.2) is 93.0 Å². The first-order valence-corrected chi connectivity index (χ1v) is 16.7. The maximum Gasteiger partial charge on any atom is 0.271 e. The predicted octanol–water partition coefficient (Wildman–Crippen LogP) is 4.06. The molecule has 2 unspecified atom stereocenters. The number of carbonyl (C=O) groups is 4. The molecule has 0 N–H and O–H groups in total. The number of carbonyl (C=O) groups excluding carboxylic acids is 4. The third-order valence-corrected chi connectivity index (χ3v) is 9.51. The molecule has 2 fully saturated rings. The van der Waals surface area contributed by atoms with E-state index in [2.05, 4.69) is 9.97 Å². The Kier molecular flexibility index (Phi) is 11.2. The second kappa shape index (κ2) is 16.0. The minimum Gasteiger partial charge on any atom is -0.328 e. The summed E-state index contributed by atoms with van der Waals surface area (Å²) >= 11 is 0. The molecule has 0 aliphatic carbocycles. The molecular weight excluding hydrogens is 669 g/mol. The zero-order chi connectivity index (χ0) is 38.3. The van der Waals surface area contributed by atoms with E-state index in [0.29, 0.717) is 24.0 Å². The SMILES string of the molecule is CN1C(=O)C(C)(Cc2ccccc2)N(C)C(=O)/C1=C/c1cccnc1C#N.CN1C(=O)C(Cc2ccccc2)N(C)C(=O)/C1=C/c1cccnc1C#N. The lowest BCUT2D eigenvalue weighted by atomic mass is 9.87. The van der Waals surface area contributed by atoms with Gasteiger partial charge < -0.3 is 19.6 Å². The average molecular weight is 707 g/mol. The minimum atomic E-state index is -0.989. The molecule has 2 aromatic heterocycles. The maximum atomic E-state index is 13.2. The van der Waals surface area contributed by atoms with Gasteiger partial charge in [-0.3, -0.25) is 19.2 Å². The Labute approximate surface area is 308 Å². The van der Waals surface area contributed by atoms with Crippen molar-refractivity contribution in [3.63, 3.8) is 0 Å². The minimum absolute atomic E-state index is 0.162. The summed E-state index contributed by atoms with van der Waals surface area (Å²) in [4.78, 5) is 65.6. The van der Waals surface area contributed by atoms with E-state index in [9.17, 15) is 29.7 Å². The van der Waals surface area contributed by atoms with Crippen LogP contribution in [0.2, 0.25) is 0 Å². The second-order valence-corrected chi connectivity index (χ2v) is 12.8. The van der Waals surface area contributed by atoms with Crippen LogP contribution >= 0.6 is 0 Å². The van der Waals surface area contributed by atoms with Crippen molar-refractivity contribution >= 4 is 35.8 Å². The number of aromatic nitrogens is 2. The topological polar surface area (TPSA) is 155 Å². The van der Waals surface area contributed by atoms with Gasteiger partial charge in [-0.1, -0.05) is 72.8 Å². The van der Waals surface area contributed by atoms with Crippen LogP contribution in [0.15, 0.2) is 109 Å². The van der Waals surface area contributed by atoms with Crippen molar-refractivity contribution < 1.29 is 19.2 Å². The van der Waals surface area contributed by atoms with Gasteiger partial charge >= 0.3 is 0 Å². The van der Waals surface area contributed by atoms with E-state index < -0.39 is 11.6 Å². The Morgan fingerprint density at radius 1 is 0.679 bits per heavy atom. The number of pyridine rings is 2. The van der Waals surface area contributed by atoms with Crippen molar-refractivity contribution in [2.24, 2.45) is 0 Å². The van der Waals surface area contributed by atoms with E-state index in [1.165, 1.54) is 32.0 Å². The summed E-state index contributed by atoms with van der Waals surface area (Å²) in [6, 6.07) is 29.4. The van der Waals surface area contributed by atoms with E-state index >= 15 is 0 Å². The van der Waals surface area contributed by atoms with Gasteiger partial charge in [0.05, 0.1) is 0 Å². The number of benzene rings is 2. The lowest BCUT2D eigenvalue weighted by Gasteiger charge is -2.45. The van der Waals surface area contributed by atoms with Crippen molar-refractivity contribution in [1.82, 2.24) is 29.6 Å². The summed E-state index contributed by atoms with van der Waals surface area (Å²) in [6.07, 6.45) is 6.99. The Morgan fingerprint density at radius 3 is 1.68 bits per heavy atom. The van der Waals surface area contributed by atoms with Crippen LogP contribution in [0.3, 0.4) is 0 Å². The van der Waals surface area contributed by atoms with Gasteiger partial charge in [0.25, 0.3) is 17.7 Å². The molecule has 12 nitrogen and oxygen atoms in total. The number of nitrogens with zero attached hydrogens (tertiary/aromatic N) is 8. The monoisotopic (exact) mass is 706 g/mol. The number of nitriles is 2. The molecule has 6 rings (SSSR count). The van der Waals surface area contributed by atoms with Crippen LogP contribution in [0.5, 0.6) is 0 Å². The molecule has 2 saturated heterocycles. The zero-order valence-corrected chi connectivity index (χ0v) is 30.1. The Bertz CT molecular complexity index is 2190. The molecule has 4 amide bonds. The molecule has 2 aromatic carbocycles. The number of hydrogen-bond acceptors (Lipinski definition) is 8. The van der Waals surface area contributed by atoms with E-state index in [1.54, 1.807) is 71.5 Å². The molecule has 0 radical (unpaired) electrons. The van der Waals surface area contributed by atoms with E-state index in [-0.39, 0.29) is 46.4 Å². The molecular formula is C41H38N8O4. The van der Waals surface area contributed by atoms with Gasteiger partial charge in [-0.2, -0.15) is 10.5 Å². The van der Waals surface area contributed by atoms with Gasteiger partial charge in [0.2, 0.25) is 5.91 Å². The van der Waals surface area contributed by atoms with Crippen molar-refractivity contribution in [2.75, 3.05) is 28.2 Å². The third kappa shape index (κ3) is 7.72. The van der Waals surface area contributed by atoms with Crippen molar-refractivity contribution in [2.45, 2.75) is 31.3 Å². The smallest absolute Gasteiger partial charge is 0.271 e. The molecule has 0 saturated carbocycles. The Balaban J connectivity index is 0.000000204. The van der Waals surface area contributed by atoms with E-state index in [1.807, 2.05) is 72.8 Å². The summed E-state index contributed by atoms with van der Waals surface area (Å²) in [5.41, 5.74) is 2.86. The van der Waals surface area contributed by atoms with Crippen LogP contribution in [-0.2, 0) is 32.0 Å². The highest BCUT2D eigenvalue weighted by Gasteiger charge is 2.48. The lowest BCUT2D eigenvalue weighted by Crippen LogP contribution is -2.64. The Hall–Kier alpha value is -6.92. The van der Waals surface area contributed by atoms with Gasteiger partial charge in [-0.15, -0.1) is 0 Å². The molecule has 12 heteroatoms. The molecule has 0 bridgehead atoms. The molecule has 4 heterocycles. The largest absolute Gasteiger partial charge is 0.328 e. The molecule has 53 heavy (non-hydrogen) atoms. The highest BCUT2D eigenvalue weighted by atomic mass is 16.2. The first-order valence-electron chi connectivity index (χ1n) is 16.7. The van der Waals surface area contributed by atoms with Gasteiger partial charge in [0, 0.05) is 64.6 Å². The van der Waals surface area contributed by atoms with Gasteiger partial charge in [0.15, 0.2) is 0 Å². The number of amides is 4. The summed E-state index contributed by atoms with van der Waals surface area (Å²) in [5.74, 6) is -0.879. The van der Waals surface area contributed by atoms with E-state index in [4.69, 9.17) is 0 Å². The Morgan fingerprint density at radius 2 is 1.17 bits per heavy atom. The second-order valence-electron chi connectivity index (χ2n) is 12.8. The fourth-order valence-electron chi connectivity index (χ4n) is 6.24. The van der Waals surface area contributed by atoms with Crippen molar-refractivity contribution in [3.05, 3.63) is 142 Å². The average Bonchev–Trinajstić information content (AvgIpc) is 3.19. The van der Waals surface area contributed by atoms with Gasteiger partial charge in [-0.25, -0.2) is 9.97 Å². The molecule has 2 aliphatic heterocycles. The standard InChI is InChI=1S/C21H20N4O2.C20H18N4O2/c1-21(13-15-8-5-4-6-9-15)20(27)24(2)18(19(26)25(21)3)12-16-10-7-11-23-17(16)14-22;1-23-17(11-14-7-4-3-5-8-14)19(25)24(2)18(20(23)26)12-15-9-6-10-22-16(15)13-21/h4-12H,13H2,1-3H3;3-10,12,17H,11H2,1-2H3/b2*18-12-. The van der Waals surface area contributed by atoms with Crippen LogP contribution in [0, 0.1) is 22.7 Å². The molecule has 2 aliphatic rings. The highest BCUT2D eigenvalue weighted by Crippen LogP contribution is 2.31. The van der Waals surface area contributed by atoms with Gasteiger partial charge in [-0.05, 0) is 42.3 Å². The van der Waals surface area contributed by atoms with Crippen LogP contribution < -0.4 is 0 Å². The summed E-state index contributed by atoms with van der Waals surface area (Å²) < 4.78 is 0. The van der Waals surface area contributed by atoms with Crippen LogP contribution in [0.1, 0.15) is 40.6 Å². The number of likely N-dealkylation sites (N-methyl/N-ethyl adjacent to an activating group) is 4. The summed E-state index contributed by atoms with van der Waals surface area (Å²) in [7, 11) is 6.44. The highest BCUT2D eigenvalue weighted by molar-refractivity contribution is 6.09. The van der Waals surface area contributed by atoms with Gasteiger partial charge in [0.1, 0.15) is 46.5 Å². The molecule has 0 spiro atoms. The quantitative estimate of drug-likeness (QED) is 0.272. The van der Waals surface area contributed by atoms with Crippen molar-refractivity contribution in [3.8, 4) is 12.1 Å². The third-order valence-electron chi connectivity index (χ3n) is 9.51. The first kappa shape index (κ1) is 37.3. The molecule has 4 aromatic rings. The number of piperazine rings is 2. The fraction of sp³-hybridized carbons (Fsp3) is 0.220. The maximum absolute atomic E-state index is 13.2. The summed E-state index contributed by atoms with van der Waals surface area (Å²) in [5, 5.41) is 18.4. The van der Waals surface area contributed by atoms with E-state index in [0.717, 1.165) is 11.1 Å². The van der Waals surface area contributed by atoms with Crippen LogP contribution in [0.25, 0.3) is 12.2 Å². The normalized spacial score (nSPS) is 20.2. The number of rotatable bonds is 6. The lowest BCUT2D eigenvalue weighted by molar-refractivity contribution is -0.155. The molecule has 266 valence electrons.